The number of hydrogen-bond donors (Lipinski definition) is 1. The first-order valence-corrected chi connectivity index (χ1v) is 6.71. The van der Waals surface area contributed by atoms with E-state index in [0.29, 0.717) is 32.3 Å². The second kappa shape index (κ2) is 6.03. The van der Waals surface area contributed by atoms with Gasteiger partial charge < -0.3 is 5.32 Å². The largest absolute Gasteiger partial charge is 0.378 e. The van der Waals surface area contributed by atoms with Crippen LogP contribution in [0, 0.1) is 0 Å². The van der Waals surface area contributed by atoms with E-state index in [1.165, 1.54) is 0 Å². The van der Waals surface area contributed by atoms with Crippen LogP contribution in [-0.4, -0.2) is 0 Å². The molecule has 94 valence electrons. The van der Waals surface area contributed by atoms with Crippen molar-refractivity contribution in [3.05, 3.63) is 62.1 Å². The Balaban J connectivity index is 2.22. The molecule has 2 aromatic rings. The quantitative estimate of drug-likeness (QED) is 0.741. The number of rotatable bonds is 3. The summed E-state index contributed by atoms with van der Waals surface area (Å²) in [7, 11) is 0. The Morgan fingerprint density at radius 2 is 1.17 bits per heavy atom. The van der Waals surface area contributed by atoms with Crippen molar-refractivity contribution >= 4 is 52.1 Å². The van der Waals surface area contributed by atoms with Gasteiger partial charge in [-0.05, 0) is 24.3 Å². The van der Waals surface area contributed by atoms with Crippen molar-refractivity contribution in [2.75, 3.05) is 5.32 Å². The number of anilines is 1. The van der Waals surface area contributed by atoms with E-state index in [2.05, 4.69) is 5.32 Å². The molecule has 0 saturated heterocycles. The zero-order valence-corrected chi connectivity index (χ0v) is 12.2. The van der Waals surface area contributed by atoms with Gasteiger partial charge in [0.2, 0.25) is 0 Å². The van der Waals surface area contributed by atoms with Gasteiger partial charge in [0.1, 0.15) is 0 Å². The summed E-state index contributed by atoms with van der Waals surface area (Å²) in [6.07, 6.45) is 0. The van der Waals surface area contributed by atoms with Gasteiger partial charge in [0, 0.05) is 22.2 Å². The Morgan fingerprint density at radius 3 is 1.67 bits per heavy atom. The molecule has 0 aliphatic heterocycles. The molecule has 0 unspecified atom stereocenters. The summed E-state index contributed by atoms with van der Waals surface area (Å²) >= 11 is 24.3. The summed E-state index contributed by atoms with van der Waals surface area (Å²) in [6.45, 7) is 0.460. The first kappa shape index (κ1) is 13.8. The first-order valence-electron chi connectivity index (χ1n) is 5.20. The fourth-order valence-corrected chi connectivity index (χ4v) is 2.61. The fourth-order valence-electron chi connectivity index (χ4n) is 1.54. The Hall–Kier alpha value is -0.600. The third kappa shape index (κ3) is 3.04. The van der Waals surface area contributed by atoms with Gasteiger partial charge in [0.15, 0.2) is 0 Å². The average Bonchev–Trinajstić information content (AvgIpc) is 2.31. The van der Waals surface area contributed by atoms with Gasteiger partial charge in [-0.1, -0.05) is 58.5 Å². The second-order valence-corrected chi connectivity index (χ2v) is 5.28. The number of hydrogen-bond acceptors (Lipinski definition) is 1. The lowest BCUT2D eigenvalue weighted by molar-refractivity contribution is 1.15. The minimum Gasteiger partial charge on any atom is -0.378 e. The molecule has 2 aromatic carbocycles. The average molecular weight is 321 g/mol. The smallest absolute Gasteiger partial charge is 0.0721 e. The molecule has 2 rings (SSSR count). The predicted molar refractivity (Wildman–Crippen MR) is 80.3 cm³/mol. The molecule has 0 aliphatic carbocycles. The highest BCUT2D eigenvalue weighted by molar-refractivity contribution is 6.39. The van der Waals surface area contributed by atoms with Crippen LogP contribution in [0.1, 0.15) is 5.56 Å². The summed E-state index contributed by atoms with van der Waals surface area (Å²) < 4.78 is 0. The second-order valence-electron chi connectivity index (χ2n) is 3.65. The van der Waals surface area contributed by atoms with Gasteiger partial charge in [0.05, 0.1) is 15.7 Å². The molecule has 0 radical (unpaired) electrons. The number of nitrogens with one attached hydrogen (secondary N) is 1. The van der Waals surface area contributed by atoms with E-state index in [1.54, 1.807) is 36.4 Å². The van der Waals surface area contributed by atoms with E-state index < -0.39 is 0 Å². The maximum absolute atomic E-state index is 6.08. The maximum atomic E-state index is 6.08. The third-order valence-electron chi connectivity index (χ3n) is 2.47. The van der Waals surface area contributed by atoms with Crippen molar-refractivity contribution in [3.8, 4) is 0 Å². The summed E-state index contributed by atoms with van der Waals surface area (Å²) in [4.78, 5) is 0. The lowest BCUT2D eigenvalue weighted by Crippen LogP contribution is -2.02. The highest BCUT2D eigenvalue weighted by Gasteiger charge is 2.08. The molecule has 0 atom stereocenters. The van der Waals surface area contributed by atoms with Crippen molar-refractivity contribution in [2.24, 2.45) is 0 Å². The molecule has 0 saturated carbocycles. The summed E-state index contributed by atoms with van der Waals surface area (Å²) in [5, 5.41) is 5.49. The maximum Gasteiger partial charge on any atom is 0.0721 e. The van der Waals surface area contributed by atoms with Crippen molar-refractivity contribution in [1.82, 2.24) is 0 Å². The van der Waals surface area contributed by atoms with Gasteiger partial charge in [-0.2, -0.15) is 0 Å². The standard InChI is InChI=1S/C13H9Cl4N/c14-9-3-1-4-10(15)8(9)7-18-13-11(16)5-2-6-12(13)17/h1-6,18H,7H2. The SMILES string of the molecule is Clc1cccc(Cl)c1CNc1c(Cl)cccc1Cl. The van der Waals surface area contributed by atoms with E-state index >= 15 is 0 Å². The third-order valence-corrected chi connectivity index (χ3v) is 3.80. The van der Waals surface area contributed by atoms with Crippen LogP contribution in [-0.2, 0) is 6.54 Å². The van der Waals surface area contributed by atoms with Crippen LogP contribution in [0.2, 0.25) is 20.1 Å². The lowest BCUT2D eigenvalue weighted by atomic mass is 10.2. The van der Waals surface area contributed by atoms with E-state index in [-0.39, 0.29) is 0 Å². The Labute approximate surface area is 126 Å². The zero-order chi connectivity index (χ0) is 13.1. The summed E-state index contributed by atoms with van der Waals surface area (Å²) in [5.41, 5.74) is 1.49. The molecule has 0 amide bonds. The molecule has 18 heavy (non-hydrogen) atoms. The van der Waals surface area contributed by atoms with Gasteiger partial charge in [-0.3, -0.25) is 0 Å². The molecule has 0 fully saturated rings. The van der Waals surface area contributed by atoms with Crippen LogP contribution in [0.5, 0.6) is 0 Å². The fraction of sp³-hybridized carbons (Fsp3) is 0.0769. The molecule has 0 spiro atoms. The zero-order valence-electron chi connectivity index (χ0n) is 9.18. The van der Waals surface area contributed by atoms with Crippen LogP contribution in [0.3, 0.4) is 0 Å². The van der Waals surface area contributed by atoms with E-state index in [1.807, 2.05) is 0 Å². The topological polar surface area (TPSA) is 12.0 Å². The van der Waals surface area contributed by atoms with Crippen molar-refractivity contribution in [2.45, 2.75) is 6.54 Å². The van der Waals surface area contributed by atoms with Crippen molar-refractivity contribution in [1.29, 1.82) is 0 Å². The number of halogens is 4. The molecule has 1 nitrogen and oxygen atoms in total. The highest BCUT2D eigenvalue weighted by Crippen LogP contribution is 2.32. The lowest BCUT2D eigenvalue weighted by Gasteiger charge is -2.12. The molecule has 0 aromatic heterocycles. The molecule has 5 heteroatoms. The normalized spacial score (nSPS) is 10.4. The van der Waals surface area contributed by atoms with Crippen LogP contribution in [0.25, 0.3) is 0 Å². The Morgan fingerprint density at radius 1 is 0.722 bits per heavy atom. The minimum absolute atomic E-state index is 0.460. The monoisotopic (exact) mass is 319 g/mol. The molecular weight excluding hydrogens is 312 g/mol. The Bertz CT molecular complexity index is 477. The highest BCUT2D eigenvalue weighted by atomic mass is 35.5. The van der Waals surface area contributed by atoms with Crippen LogP contribution in [0.15, 0.2) is 36.4 Å². The first-order chi connectivity index (χ1) is 8.59. The van der Waals surface area contributed by atoms with E-state index in [4.69, 9.17) is 46.4 Å². The van der Waals surface area contributed by atoms with Crippen LogP contribution in [0.4, 0.5) is 5.69 Å². The molecule has 0 bridgehead atoms. The summed E-state index contributed by atoms with van der Waals surface area (Å²) in [5.74, 6) is 0. The van der Waals surface area contributed by atoms with Gasteiger partial charge >= 0.3 is 0 Å². The van der Waals surface area contributed by atoms with E-state index in [9.17, 15) is 0 Å². The van der Waals surface area contributed by atoms with Crippen LogP contribution >= 0.6 is 46.4 Å². The van der Waals surface area contributed by atoms with Crippen molar-refractivity contribution < 1.29 is 0 Å². The minimum atomic E-state index is 0.460. The van der Waals surface area contributed by atoms with Gasteiger partial charge in [-0.15, -0.1) is 0 Å². The molecular formula is C13H9Cl4N. The molecule has 0 heterocycles. The summed E-state index contributed by atoms with van der Waals surface area (Å²) in [6, 6.07) is 10.7. The number of para-hydroxylation sites is 1. The van der Waals surface area contributed by atoms with E-state index in [0.717, 1.165) is 5.56 Å². The number of benzene rings is 2. The molecule has 1 N–H and O–H groups in total. The van der Waals surface area contributed by atoms with Gasteiger partial charge in [0.25, 0.3) is 0 Å². The van der Waals surface area contributed by atoms with Crippen LogP contribution < -0.4 is 5.32 Å². The molecule has 0 aliphatic rings. The predicted octanol–water partition coefficient (Wildman–Crippen LogP) is 5.91. The van der Waals surface area contributed by atoms with Gasteiger partial charge in [-0.25, -0.2) is 0 Å². The Kier molecular flexibility index (Phi) is 4.63. The van der Waals surface area contributed by atoms with Crippen molar-refractivity contribution in [3.63, 3.8) is 0 Å².